The highest BCUT2D eigenvalue weighted by molar-refractivity contribution is 5.84. The van der Waals surface area contributed by atoms with E-state index in [1.807, 2.05) is 18.2 Å². The first-order valence-corrected chi connectivity index (χ1v) is 8.05. The summed E-state index contributed by atoms with van der Waals surface area (Å²) in [7, 11) is 1.40. The summed E-state index contributed by atoms with van der Waals surface area (Å²) >= 11 is 0. The van der Waals surface area contributed by atoms with Gasteiger partial charge in [-0.3, -0.25) is 14.5 Å². The number of ether oxygens (including phenoxy) is 1. The second-order valence-electron chi connectivity index (χ2n) is 5.97. The van der Waals surface area contributed by atoms with Crippen LogP contribution in [0, 0.1) is 5.92 Å². The Balaban J connectivity index is 1.91. The molecule has 1 fully saturated rings. The zero-order chi connectivity index (χ0) is 15.8. The SMILES string of the molecule is COC(=O)C1CCCCN(Cc2ccccc2)CCC(=O)C1. The lowest BCUT2D eigenvalue weighted by molar-refractivity contribution is -0.147. The summed E-state index contributed by atoms with van der Waals surface area (Å²) in [6, 6.07) is 10.3. The van der Waals surface area contributed by atoms with E-state index in [4.69, 9.17) is 4.74 Å². The monoisotopic (exact) mass is 303 g/mol. The quantitative estimate of drug-likeness (QED) is 0.806. The van der Waals surface area contributed by atoms with E-state index in [9.17, 15) is 9.59 Å². The molecule has 120 valence electrons. The summed E-state index contributed by atoms with van der Waals surface area (Å²) in [4.78, 5) is 26.1. The number of hydrogen-bond donors (Lipinski definition) is 0. The molecule has 0 amide bonds. The molecule has 0 N–H and O–H groups in total. The normalized spacial score (nSPS) is 21.3. The van der Waals surface area contributed by atoms with Crippen LogP contribution in [-0.2, 0) is 20.9 Å². The standard InChI is InChI=1S/C18H25NO3/c1-22-18(21)16-9-5-6-11-19(12-10-17(20)13-16)14-15-7-3-2-4-8-15/h2-4,7-8,16H,5-6,9-14H2,1H3. The average Bonchev–Trinajstić information content (AvgIpc) is 2.55. The number of carbonyl (C=O) groups is 2. The Morgan fingerprint density at radius 1 is 1.23 bits per heavy atom. The van der Waals surface area contributed by atoms with Crippen LogP contribution in [0.2, 0.25) is 0 Å². The zero-order valence-corrected chi connectivity index (χ0v) is 13.3. The molecule has 0 saturated carbocycles. The molecule has 1 aliphatic rings. The highest BCUT2D eigenvalue weighted by Gasteiger charge is 2.23. The Labute approximate surface area is 132 Å². The number of carbonyl (C=O) groups excluding carboxylic acids is 2. The van der Waals surface area contributed by atoms with Crippen molar-refractivity contribution in [3.63, 3.8) is 0 Å². The van der Waals surface area contributed by atoms with Crippen LogP contribution >= 0.6 is 0 Å². The van der Waals surface area contributed by atoms with Gasteiger partial charge in [0.25, 0.3) is 0 Å². The predicted octanol–water partition coefficient (Wildman–Crippen LogP) is 2.81. The maximum absolute atomic E-state index is 12.1. The van der Waals surface area contributed by atoms with Gasteiger partial charge in [-0.05, 0) is 24.9 Å². The number of hydrogen-bond acceptors (Lipinski definition) is 4. The van der Waals surface area contributed by atoms with Gasteiger partial charge in [-0.25, -0.2) is 0 Å². The molecule has 2 rings (SSSR count). The summed E-state index contributed by atoms with van der Waals surface area (Å²) in [5.41, 5.74) is 1.28. The third kappa shape index (κ3) is 5.26. The fraction of sp³-hybridized carbons (Fsp3) is 0.556. The third-order valence-electron chi connectivity index (χ3n) is 4.24. The van der Waals surface area contributed by atoms with Crippen LogP contribution in [0.5, 0.6) is 0 Å². The molecule has 1 heterocycles. The first kappa shape index (κ1) is 16.7. The predicted molar refractivity (Wildman–Crippen MR) is 85.3 cm³/mol. The van der Waals surface area contributed by atoms with Crippen molar-refractivity contribution < 1.29 is 14.3 Å². The van der Waals surface area contributed by atoms with E-state index in [1.165, 1.54) is 12.7 Å². The third-order valence-corrected chi connectivity index (χ3v) is 4.24. The Morgan fingerprint density at radius 3 is 2.73 bits per heavy atom. The molecule has 1 saturated heterocycles. The molecule has 0 bridgehead atoms. The summed E-state index contributed by atoms with van der Waals surface area (Å²) in [6.45, 7) is 2.62. The van der Waals surface area contributed by atoms with Crippen molar-refractivity contribution in [3.8, 4) is 0 Å². The summed E-state index contributed by atoms with van der Waals surface area (Å²) in [6.07, 6.45) is 3.59. The van der Waals surface area contributed by atoms with Crippen molar-refractivity contribution in [2.24, 2.45) is 5.92 Å². The molecule has 0 aliphatic carbocycles. The van der Waals surface area contributed by atoms with Crippen molar-refractivity contribution in [2.75, 3.05) is 20.2 Å². The summed E-state index contributed by atoms with van der Waals surface area (Å²) < 4.78 is 4.81. The Bertz CT molecular complexity index is 486. The molecule has 1 aromatic carbocycles. The van der Waals surface area contributed by atoms with Crippen molar-refractivity contribution >= 4 is 11.8 Å². The second-order valence-corrected chi connectivity index (χ2v) is 5.97. The molecule has 4 nitrogen and oxygen atoms in total. The van der Waals surface area contributed by atoms with Gasteiger partial charge < -0.3 is 4.74 Å². The molecular weight excluding hydrogens is 278 g/mol. The first-order chi connectivity index (χ1) is 10.7. The van der Waals surface area contributed by atoms with Gasteiger partial charge in [-0.1, -0.05) is 36.8 Å². The molecule has 0 radical (unpaired) electrons. The van der Waals surface area contributed by atoms with Gasteiger partial charge in [0.1, 0.15) is 5.78 Å². The number of Topliss-reactive ketones (excluding diaryl/α,β-unsaturated/α-hetero) is 1. The van der Waals surface area contributed by atoms with E-state index in [2.05, 4.69) is 17.0 Å². The molecule has 0 aromatic heterocycles. The minimum absolute atomic E-state index is 0.162. The van der Waals surface area contributed by atoms with Crippen LogP contribution in [0.15, 0.2) is 30.3 Å². The van der Waals surface area contributed by atoms with E-state index < -0.39 is 0 Å². The van der Waals surface area contributed by atoms with Gasteiger partial charge in [0.2, 0.25) is 0 Å². The minimum atomic E-state index is -0.252. The number of ketones is 1. The van der Waals surface area contributed by atoms with E-state index in [0.717, 1.165) is 38.9 Å². The van der Waals surface area contributed by atoms with E-state index in [-0.39, 0.29) is 17.7 Å². The molecule has 4 heteroatoms. The van der Waals surface area contributed by atoms with Crippen molar-refractivity contribution in [1.82, 2.24) is 4.90 Å². The highest BCUT2D eigenvalue weighted by Crippen LogP contribution is 2.19. The van der Waals surface area contributed by atoms with Gasteiger partial charge in [-0.2, -0.15) is 0 Å². The topological polar surface area (TPSA) is 46.6 Å². The largest absolute Gasteiger partial charge is 0.469 e. The van der Waals surface area contributed by atoms with E-state index >= 15 is 0 Å². The van der Waals surface area contributed by atoms with Crippen LogP contribution in [0.3, 0.4) is 0 Å². The Morgan fingerprint density at radius 2 is 2.00 bits per heavy atom. The van der Waals surface area contributed by atoms with E-state index in [1.54, 1.807) is 0 Å². The lowest BCUT2D eigenvalue weighted by Gasteiger charge is -2.24. The first-order valence-electron chi connectivity index (χ1n) is 8.05. The fourth-order valence-electron chi connectivity index (χ4n) is 2.97. The van der Waals surface area contributed by atoms with Crippen LogP contribution < -0.4 is 0 Å². The molecule has 1 aliphatic heterocycles. The number of esters is 1. The average molecular weight is 303 g/mol. The lowest BCUT2D eigenvalue weighted by Crippen LogP contribution is -2.30. The maximum Gasteiger partial charge on any atom is 0.309 e. The molecule has 1 aromatic rings. The highest BCUT2D eigenvalue weighted by atomic mass is 16.5. The van der Waals surface area contributed by atoms with Gasteiger partial charge in [0, 0.05) is 25.9 Å². The number of rotatable bonds is 3. The fourth-order valence-corrected chi connectivity index (χ4v) is 2.97. The molecule has 1 atom stereocenters. The van der Waals surface area contributed by atoms with Crippen LogP contribution in [0.25, 0.3) is 0 Å². The number of nitrogens with zero attached hydrogens (tertiary/aromatic N) is 1. The Kier molecular flexibility index (Phi) is 6.59. The summed E-state index contributed by atoms with van der Waals surface area (Å²) in [5.74, 6) is -0.330. The molecular formula is C18H25NO3. The second kappa shape index (κ2) is 8.69. The Hall–Kier alpha value is -1.68. The number of methoxy groups -OCH3 is 1. The van der Waals surface area contributed by atoms with Crippen LogP contribution in [0.1, 0.15) is 37.7 Å². The van der Waals surface area contributed by atoms with Crippen LogP contribution in [0.4, 0.5) is 0 Å². The van der Waals surface area contributed by atoms with E-state index in [0.29, 0.717) is 12.8 Å². The number of benzene rings is 1. The van der Waals surface area contributed by atoms with Crippen molar-refractivity contribution in [2.45, 2.75) is 38.6 Å². The zero-order valence-electron chi connectivity index (χ0n) is 13.3. The van der Waals surface area contributed by atoms with Gasteiger partial charge >= 0.3 is 5.97 Å². The van der Waals surface area contributed by atoms with Gasteiger partial charge in [0.05, 0.1) is 13.0 Å². The van der Waals surface area contributed by atoms with Crippen molar-refractivity contribution in [1.29, 1.82) is 0 Å². The van der Waals surface area contributed by atoms with Crippen molar-refractivity contribution in [3.05, 3.63) is 35.9 Å². The smallest absolute Gasteiger partial charge is 0.309 e. The van der Waals surface area contributed by atoms with Gasteiger partial charge in [0.15, 0.2) is 0 Å². The molecule has 0 spiro atoms. The molecule has 1 unspecified atom stereocenters. The summed E-state index contributed by atoms with van der Waals surface area (Å²) in [5, 5.41) is 0. The van der Waals surface area contributed by atoms with Crippen LogP contribution in [-0.4, -0.2) is 36.9 Å². The lowest BCUT2D eigenvalue weighted by atomic mass is 9.94. The van der Waals surface area contributed by atoms with Gasteiger partial charge in [-0.15, -0.1) is 0 Å². The minimum Gasteiger partial charge on any atom is -0.469 e. The maximum atomic E-state index is 12.1. The molecule has 22 heavy (non-hydrogen) atoms.